The molecule has 7 nitrogen and oxygen atoms in total. The number of hydrogen-bond donors (Lipinski definition) is 2. The molecule has 0 aliphatic carbocycles. The van der Waals surface area contributed by atoms with Crippen molar-refractivity contribution in [2.75, 3.05) is 47.6 Å². The maximum absolute atomic E-state index is 9.57. The van der Waals surface area contributed by atoms with Gasteiger partial charge in [0.15, 0.2) is 11.5 Å². The second kappa shape index (κ2) is 19.2. The molecule has 2 aliphatic heterocycles. The van der Waals surface area contributed by atoms with E-state index in [1.54, 1.807) is 7.11 Å². The van der Waals surface area contributed by atoms with Crippen LogP contribution in [0.3, 0.4) is 0 Å². The average Bonchev–Trinajstić information content (AvgIpc) is 3.53. The summed E-state index contributed by atoms with van der Waals surface area (Å²) in [5.74, 6) is 3.67. The third-order valence-corrected chi connectivity index (χ3v) is 6.56. The first kappa shape index (κ1) is 32.0. The van der Waals surface area contributed by atoms with Crippen LogP contribution in [0.2, 0.25) is 0 Å². The highest BCUT2D eigenvalue weighted by atomic mass is 16.7. The lowest BCUT2D eigenvalue weighted by atomic mass is 9.91. The fraction of sp³-hybridized carbons (Fsp3) is 0.759. The van der Waals surface area contributed by atoms with Gasteiger partial charge < -0.3 is 29.7 Å². The van der Waals surface area contributed by atoms with E-state index in [0.29, 0.717) is 12.0 Å². The number of ether oxygens (including phenoxy) is 3. The number of benzene rings is 1. The quantitative estimate of drug-likeness (QED) is 0.268. The van der Waals surface area contributed by atoms with Crippen LogP contribution in [0.4, 0.5) is 0 Å². The number of nitrogens with one attached hydrogen (secondary N) is 2. The molecule has 1 saturated heterocycles. The van der Waals surface area contributed by atoms with Crippen LogP contribution in [-0.2, 0) is 4.79 Å². The zero-order valence-electron chi connectivity index (χ0n) is 24.0. The van der Waals surface area contributed by atoms with Crippen molar-refractivity contribution >= 4 is 6.41 Å². The van der Waals surface area contributed by atoms with Gasteiger partial charge in [-0.25, -0.2) is 0 Å². The van der Waals surface area contributed by atoms with Gasteiger partial charge in [0.25, 0.3) is 0 Å². The fourth-order valence-corrected chi connectivity index (χ4v) is 4.55. The molecule has 3 rings (SSSR count). The van der Waals surface area contributed by atoms with Gasteiger partial charge in [0.1, 0.15) is 0 Å². The molecule has 1 aromatic carbocycles. The molecule has 2 heterocycles. The van der Waals surface area contributed by atoms with Gasteiger partial charge in [-0.1, -0.05) is 53.4 Å². The normalized spacial score (nSPS) is 18.6. The molecule has 36 heavy (non-hydrogen) atoms. The molecule has 1 amide bonds. The Bertz CT molecular complexity index is 714. The second-order valence-electron chi connectivity index (χ2n) is 10.2. The highest BCUT2D eigenvalue weighted by Gasteiger charge is 2.29. The van der Waals surface area contributed by atoms with Gasteiger partial charge in [0, 0.05) is 19.1 Å². The first-order valence-corrected chi connectivity index (χ1v) is 13.9. The Morgan fingerprint density at radius 3 is 2.50 bits per heavy atom. The second-order valence-corrected chi connectivity index (χ2v) is 10.2. The highest BCUT2D eigenvalue weighted by Crippen LogP contribution is 2.44. The zero-order chi connectivity index (χ0) is 26.8. The predicted molar refractivity (Wildman–Crippen MR) is 149 cm³/mol. The molecule has 0 aromatic heterocycles. The number of unbranched alkanes of at least 4 members (excludes halogenated alkanes) is 2. The molecule has 0 bridgehead atoms. The number of methoxy groups -OCH3 is 1. The summed E-state index contributed by atoms with van der Waals surface area (Å²) in [5.41, 5.74) is 1.29. The predicted octanol–water partition coefficient (Wildman–Crippen LogP) is 5.58. The highest BCUT2D eigenvalue weighted by molar-refractivity contribution is 5.55. The van der Waals surface area contributed by atoms with Crippen LogP contribution in [0.5, 0.6) is 17.2 Å². The number of carbonyl (C=O) groups is 1. The van der Waals surface area contributed by atoms with E-state index in [2.05, 4.69) is 69.5 Å². The lowest BCUT2D eigenvalue weighted by Crippen LogP contribution is -2.23. The van der Waals surface area contributed by atoms with Crippen molar-refractivity contribution in [1.82, 2.24) is 15.5 Å². The number of amides is 1. The molecule has 0 spiro atoms. The molecule has 0 radical (unpaired) electrons. The lowest BCUT2D eigenvalue weighted by molar-refractivity contribution is -0.109. The molecule has 208 valence electrons. The number of hydrogen-bond acceptors (Lipinski definition) is 6. The van der Waals surface area contributed by atoms with E-state index in [4.69, 9.17) is 14.2 Å². The Morgan fingerprint density at radius 2 is 1.92 bits per heavy atom. The number of carbonyl (C=O) groups excluding carboxylic acids is 1. The van der Waals surface area contributed by atoms with E-state index < -0.39 is 0 Å². The minimum atomic E-state index is 0.287. The Morgan fingerprint density at radius 1 is 1.17 bits per heavy atom. The van der Waals surface area contributed by atoms with E-state index in [1.807, 2.05) is 0 Å². The summed E-state index contributed by atoms with van der Waals surface area (Å²) in [4.78, 5) is 11.8. The summed E-state index contributed by atoms with van der Waals surface area (Å²) >= 11 is 0. The summed E-state index contributed by atoms with van der Waals surface area (Å²) in [6.07, 6.45) is 10.6. The van der Waals surface area contributed by atoms with Crippen molar-refractivity contribution in [3.05, 3.63) is 17.7 Å². The van der Waals surface area contributed by atoms with Crippen LogP contribution in [0, 0.1) is 5.92 Å². The maximum atomic E-state index is 9.57. The Balaban J connectivity index is 0.000000383. The number of fused-ring (bicyclic) bond motifs is 1. The van der Waals surface area contributed by atoms with Gasteiger partial charge in [0.2, 0.25) is 19.0 Å². The van der Waals surface area contributed by atoms with Gasteiger partial charge in [-0.2, -0.15) is 0 Å². The van der Waals surface area contributed by atoms with Crippen LogP contribution >= 0.6 is 0 Å². The molecule has 2 aliphatic rings. The molecule has 1 fully saturated rings. The standard InChI is InChI=1S/C18H27NO3.C6H15N.C5H11NO/c1-4-5-12(2)6-15-7-14(10-19-15)13-8-16(20-3)18-17(9-13)21-11-22-18;1-4-5-6-7(2)3;1-2-3-4-6-5-7/h8-9,12,14-15,19H,4-7,10-11H2,1-3H3;4-6H2,1-3H3;5H,2-4H2,1H3,(H,6,7)/t12?,14?,15-;;/m0../s1. The molecule has 0 saturated carbocycles. The van der Waals surface area contributed by atoms with Crippen molar-refractivity contribution in [2.24, 2.45) is 5.92 Å². The van der Waals surface area contributed by atoms with Crippen LogP contribution in [0.1, 0.15) is 90.5 Å². The number of nitrogens with zero attached hydrogens (tertiary/aromatic N) is 1. The van der Waals surface area contributed by atoms with E-state index in [9.17, 15) is 4.79 Å². The summed E-state index contributed by atoms with van der Waals surface area (Å²) in [7, 11) is 5.90. The molecular weight excluding hydrogens is 454 g/mol. The summed E-state index contributed by atoms with van der Waals surface area (Å²) in [6, 6.07) is 4.86. The smallest absolute Gasteiger partial charge is 0.231 e. The van der Waals surface area contributed by atoms with Gasteiger partial charge in [-0.05, 0) is 75.9 Å². The van der Waals surface area contributed by atoms with Crippen LogP contribution in [0.15, 0.2) is 12.1 Å². The summed E-state index contributed by atoms with van der Waals surface area (Å²) in [5, 5.41) is 6.26. The molecule has 7 heteroatoms. The lowest BCUT2D eigenvalue weighted by Gasteiger charge is -2.16. The van der Waals surface area contributed by atoms with Crippen molar-refractivity contribution in [3.8, 4) is 17.2 Å². The molecule has 2 N–H and O–H groups in total. The largest absolute Gasteiger partial charge is 0.493 e. The Kier molecular flexibility index (Phi) is 17.1. The molecular formula is C29H53N3O4. The molecule has 1 aromatic rings. The molecule has 3 atom stereocenters. The van der Waals surface area contributed by atoms with E-state index in [-0.39, 0.29) is 6.79 Å². The minimum Gasteiger partial charge on any atom is -0.493 e. The van der Waals surface area contributed by atoms with E-state index >= 15 is 0 Å². The first-order chi connectivity index (χ1) is 17.4. The molecule has 2 unspecified atom stereocenters. The number of rotatable bonds is 13. The van der Waals surface area contributed by atoms with Crippen LogP contribution < -0.4 is 24.8 Å². The topological polar surface area (TPSA) is 72.1 Å². The van der Waals surface area contributed by atoms with Crippen LogP contribution in [0.25, 0.3) is 0 Å². The van der Waals surface area contributed by atoms with E-state index in [0.717, 1.165) is 55.5 Å². The minimum absolute atomic E-state index is 0.287. The third-order valence-electron chi connectivity index (χ3n) is 6.56. The van der Waals surface area contributed by atoms with Crippen molar-refractivity contribution < 1.29 is 19.0 Å². The van der Waals surface area contributed by atoms with Gasteiger partial charge in [-0.15, -0.1) is 0 Å². The first-order valence-electron chi connectivity index (χ1n) is 13.9. The maximum Gasteiger partial charge on any atom is 0.231 e. The average molecular weight is 508 g/mol. The van der Waals surface area contributed by atoms with Crippen molar-refractivity contribution in [3.63, 3.8) is 0 Å². The fourth-order valence-electron chi connectivity index (χ4n) is 4.55. The summed E-state index contributed by atoms with van der Waals surface area (Å²) in [6.45, 7) is 12.3. The monoisotopic (exact) mass is 507 g/mol. The summed E-state index contributed by atoms with van der Waals surface area (Å²) < 4.78 is 16.5. The zero-order valence-corrected chi connectivity index (χ0v) is 24.0. The van der Waals surface area contributed by atoms with Crippen molar-refractivity contribution in [2.45, 2.75) is 91.0 Å². The Labute approximate surface area is 220 Å². The third kappa shape index (κ3) is 12.3. The van der Waals surface area contributed by atoms with Gasteiger partial charge >= 0.3 is 0 Å². The van der Waals surface area contributed by atoms with Gasteiger partial charge in [-0.3, -0.25) is 4.79 Å². The SMILES string of the molecule is CCCC(C)C[C@H]1CC(c2cc(OC)c3c(c2)OCO3)CN1.CCCCN(C)C.CCCCNC=O. The van der Waals surface area contributed by atoms with Gasteiger partial charge in [0.05, 0.1) is 7.11 Å². The Hall–Kier alpha value is -1.99. The van der Waals surface area contributed by atoms with Crippen molar-refractivity contribution in [1.29, 1.82) is 0 Å². The van der Waals surface area contributed by atoms with E-state index in [1.165, 1.54) is 50.6 Å². The van der Waals surface area contributed by atoms with Crippen LogP contribution in [-0.4, -0.2) is 65.0 Å².